The number of aromatic nitrogens is 3. The van der Waals surface area contributed by atoms with Crippen molar-refractivity contribution in [2.75, 3.05) is 19.6 Å². The Morgan fingerprint density at radius 2 is 2.32 bits per heavy atom. The third-order valence-electron chi connectivity index (χ3n) is 3.27. The molecule has 2 aromatic rings. The maximum Gasteiger partial charge on any atom is 0.357 e. The zero-order valence-corrected chi connectivity index (χ0v) is 10.3. The molecule has 1 N–H and O–H groups in total. The van der Waals surface area contributed by atoms with Gasteiger partial charge < -0.3 is 5.11 Å². The predicted octanol–water partition coefficient (Wildman–Crippen LogP) is -0.797. The van der Waals surface area contributed by atoms with E-state index < -0.39 is 5.69 Å². The van der Waals surface area contributed by atoms with Crippen LogP contribution in [0.4, 0.5) is 0 Å². The molecule has 0 unspecified atom stereocenters. The van der Waals surface area contributed by atoms with Gasteiger partial charge in [-0.3, -0.25) is 9.69 Å². The highest BCUT2D eigenvalue weighted by atomic mass is 16.3. The lowest BCUT2D eigenvalue weighted by Crippen LogP contribution is -2.36. The fourth-order valence-corrected chi connectivity index (χ4v) is 2.30. The zero-order valence-electron chi connectivity index (χ0n) is 10.3. The van der Waals surface area contributed by atoms with Gasteiger partial charge >= 0.3 is 5.69 Å². The summed E-state index contributed by atoms with van der Waals surface area (Å²) < 4.78 is 2.22. The molecule has 0 aliphatic carbocycles. The van der Waals surface area contributed by atoms with E-state index in [9.17, 15) is 14.7 Å². The Bertz CT molecular complexity index is 675. The zero-order chi connectivity index (χ0) is 13.4. The number of hydrogen-bond donors (Lipinski definition) is 1. The fraction of sp³-hybridized carbons (Fsp3) is 0.417. The molecule has 19 heavy (non-hydrogen) atoms. The molecule has 0 radical (unpaired) electrons. The van der Waals surface area contributed by atoms with Gasteiger partial charge in [-0.25, -0.2) is 9.20 Å². The van der Waals surface area contributed by atoms with Gasteiger partial charge in [-0.2, -0.15) is 0 Å². The Hall–Kier alpha value is -1.99. The number of hydrogen-bond acceptors (Lipinski definition) is 5. The lowest BCUT2D eigenvalue weighted by molar-refractivity contribution is 0.0832. The fourth-order valence-electron chi connectivity index (χ4n) is 2.30. The van der Waals surface area contributed by atoms with E-state index in [-0.39, 0.29) is 18.6 Å². The van der Waals surface area contributed by atoms with Gasteiger partial charge in [0.2, 0.25) is 0 Å². The van der Waals surface area contributed by atoms with Crippen molar-refractivity contribution in [1.29, 1.82) is 0 Å². The first kappa shape index (κ1) is 12.1. The normalized spacial score (nSPS) is 20.2. The van der Waals surface area contributed by atoms with Gasteiger partial charge in [-0.05, 0) is 18.6 Å². The van der Waals surface area contributed by atoms with Gasteiger partial charge in [0.05, 0.1) is 12.6 Å². The molecule has 3 heterocycles. The lowest BCUT2D eigenvalue weighted by Gasteiger charge is -2.12. The smallest absolute Gasteiger partial charge is 0.357 e. The van der Waals surface area contributed by atoms with E-state index in [1.165, 1.54) is 4.40 Å². The quantitative estimate of drug-likeness (QED) is 0.766. The standard InChI is InChI=1S/C12H14N4O3/c17-9-4-6-14(7-9)8-11(18)16-12(19)15-5-2-1-3-10(15)13-16/h1-3,5,9,17H,4,6-8H2/t9-/m0/s1. The Balaban J connectivity index is 1.86. The molecule has 0 saturated carbocycles. The largest absolute Gasteiger partial charge is 0.392 e. The van der Waals surface area contributed by atoms with Crippen molar-refractivity contribution >= 4 is 11.6 Å². The van der Waals surface area contributed by atoms with Crippen LogP contribution in [-0.2, 0) is 0 Å². The van der Waals surface area contributed by atoms with Crippen LogP contribution in [0.5, 0.6) is 0 Å². The second-order valence-corrected chi connectivity index (χ2v) is 4.69. The van der Waals surface area contributed by atoms with E-state index in [2.05, 4.69) is 5.10 Å². The highest BCUT2D eigenvalue weighted by Gasteiger charge is 2.24. The number of rotatable bonds is 2. The minimum atomic E-state index is -0.458. The summed E-state index contributed by atoms with van der Waals surface area (Å²) in [6.45, 7) is 1.23. The molecule has 7 nitrogen and oxygen atoms in total. The molecular formula is C12H14N4O3. The second kappa shape index (κ2) is 4.60. The van der Waals surface area contributed by atoms with Crippen LogP contribution in [0.2, 0.25) is 0 Å². The van der Waals surface area contributed by atoms with E-state index in [0.717, 1.165) is 4.68 Å². The van der Waals surface area contributed by atoms with Crippen LogP contribution in [0.25, 0.3) is 5.65 Å². The third-order valence-corrected chi connectivity index (χ3v) is 3.27. The Labute approximate surface area is 108 Å². The maximum atomic E-state index is 12.1. The number of pyridine rings is 1. The van der Waals surface area contributed by atoms with E-state index in [4.69, 9.17) is 0 Å². The Morgan fingerprint density at radius 1 is 1.47 bits per heavy atom. The summed E-state index contributed by atoms with van der Waals surface area (Å²) in [6, 6.07) is 5.14. The van der Waals surface area contributed by atoms with Crippen LogP contribution >= 0.6 is 0 Å². The van der Waals surface area contributed by atoms with Gasteiger partial charge in [-0.1, -0.05) is 6.07 Å². The lowest BCUT2D eigenvalue weighted by atomic mass is 10.3. The Kier molecular flexibility index (Phi) is 2.92. The van der Waals surface area contributed by atoms with E-state index in [1.54, 1.807) is 24.4 Å². The molecule has 100 valence electrons. The average Bonchev–Trinajstić information content (AvgIpc) is 2.94. The summed E-state index contributed by atoms with van der Waals surface area (Å²) >= 11 is 0. The van der Waals surface area contributed by atoms with Crippen molar-refractivity contribution in [2.45, 2.75) is 12.5 Å². The van der Waals surface area contributed by atoms with E-state index in [0.29, 0.717) is 25.2 Å². The van der Waals surface area contributed by atoms with Crippen LogP contribution in [-0.4, -0.2) is 55.8 Å². The van der Waals surface area contributed by atoms with Crippen LogP contribution in [0, 0.1) is 0 Å². The molecule has 1 saturated heterocycles. The SMILES string of the molecule is O=C(CN1CC[C@H](O)C1)n1nc2ccccn2c1=O. The topological polar surface area (TPSA) is 79.8 Å². The first-order chi connectivity index (χ1) is 9.15. The van der Waals surface area contributed by atoms with Crippen molar-refractivity contribution in [1.82, 2.24) is 19.1 Å². The van der Waals surface area contributed by atoms with Crippen LogP contribution in [0.15, 0.2) is 29.2 Å². The van der Waals surface area contributed by atoms with Gasteiger partial charge in [0.15, 0.2) is 5.65 Å². The predicted molar refractivity (Wildman–Crippen MR) is 67.1 cm³/mol. The minimum absolute atomic E-state index is 0.0981. The molecule has 2 aromatic heterocycles. The Morgan fingerprint density at radius 3 is 3.00 bits per heavy atom. The molecular weight excluding hydrogens is 248 g/mol. The minimum Gasteiger partial charge on any atom is -0.392 e. The second-order valence-electron chi connectivity index (χ2n) is 4.69. The summed E-state index contributed by atoms with van der Waals surface area (Å²) in [5.41, 5.74) is -0.0114. The average molecular weight is 262 g/mol. The number of fused-ring (bicyclic) bond motifs is 1. The number of carbonyl (C=O) groups is 1. The molecule has 0 spiro atoms. The highest BCUT2D eigenvalue weighted by Crippen LogP contribution is 2.08. The van der Waals surface area contributed by atoms with Crippen LogP contribution < -0.4 is 5.69 Å². The molecule has 0 aromatic carbocycles. The number of aliphatic hydroxyl groups excluding tert-OH is 1. The number of carbonyl (C=O) groups excluding carboxylic acids is 1. The molecule has 0 bridgehead atoms. The number of aliphatic hydroxyl groups is 1. The molecule has 1 aliphatic rings. The first-order valence-corrected chi connectivity index (χ1v) is 6.15. The molecule has 7 heteroatoms. The van der Waals surface area contributed by atoms with Gasteiger partial charge in [0.25, 0.3) is 5.91 Å². The molecule has 1 atom stereocenters. The maximum absolute atomic E-state index is 12.1. The van der Waals surface area contributed by atoms with Crippen LogP contribution in [0.1, 0.15) is 11.2 Å². The molecule has 3 rings (SSSR count). The summed E-state index contributed by atoms with van der Waals surface area (Å²) in [7, 11) is 0. The van der Waals surface area contributed by atoms with E-state index in [1.807, 2.05) is 4.90 Å². The van der Waals surface area contributed by atoms with E-state index >= 15 is 0 Å². The highest BCUT2D eigenvalue weighted by molar-refractivity contribution is 5.80. The van der Waals surface area contributed by atoms with Crippen LogP contribution in [0.3, 0.4) is 0 Å². The van der Waals surface area contributed by atoms with Gasteiger partial charge in [-0.15, -0.1) is 9.78 Å². The van der Waals surface area contributed by atoms with Crippen molar-refractivity contribution in [2.24, 2.45) is 0 Å². The molecule has 1 aliphatic heterocycles. The number of likely N-dealkylation sites (tertiary alicyclic amines) is 1. The summed E-state index contributed by atoms with van der Waals surface area (Å²) in [5, 5.41) is 13.4. The summed E-state index contributed by atoms with van der Waals surface area (Å²) in [4.78, 5) is 25.9. The molecule has 1 fully saturated rings. The van der Waals surface area contributed by atoms with Crippen molar-refractivity contribution in [3.8, 4) is 0 Å². The summed E-state index contributed by atoms with van der Waals surface area (Å²) in [6.07, 6.45) is 1.85. The monoisotopic (exact) mass is 262 g/mol. The molecule has 0 amide bonds. The van der Waals surface area contributed by atoms with Crippen molar-refractivity contribution < 1.29 is 9.90 Å². The van der Waals surface area contributed by atoms with Crippen molar-refractivity contribution in [3.05, 3.63) is 34.9 Å². The van der Waals surface area contributed by atoms with Crippen molar-refractivity contribution in [3.63, 3.8) is 0 Å². The number of nitrogens with zero attached hydrogens (tertiary/aromatic N) is 4. The van der Waals surface area contributed by atoms with Gasteiger partial charge in [0.1, 0.15) is 0 Å². The summed E-state index contributed by atoms with van der Waals surface area (Å²) in [5.74, 6) is -0.372. The first-order valence-electron chi connectivity index (χ1n) is 6.15. The van der Waals surface area contributed by atoms with Gasteiger partial charge in [0, 0.05) is 19.3 Å². The number of β-amino-alcohol motifs (C(OH)–C–C–N with tert-alkyl or cyclic N) is 1. The third kappa shape index (κ3) is 2.18.